The molecule has 0 aliphatic heterocycles. The number of non-ortho nitro benzene ring substituents is 1. The molecule has 1 rings (SSSR count). The molecule has 0 heterocycles. The largest absolute Gasteiger partial charge is 0.394 e. The number of nitrogens with zero attached hydrogens (tertiary/aromatic N) is 1. The van der Waals surface area contributed by atoms with Crippen molar-refractivity contribution in [2.45, 2.75) is 10.4 Å². The normalized spacial score (nSPS) is 12.3. The molecule has 112 valence electrons. The van der Waals surface area contributed by atoms with Gasteiger partial charge in [-0.15, -0.1) is 0 Å². The van der Waals surface area contributed by atoms with Crippen molar-refractivity contribution in [2.24, 2.45) is 0 Å². The van der Waals surface area contributed by atoms with Crippen molar-refractivity contribution in [2.75, 3.05) is 19.8 Å². The first-order chi connectivity index (χ1) is 9.30. The van der Waals surface area contributed by atoms with E-state index in [9.17, 15) is 18.5 Å². The Morgan fingerprint density at radius 3 is 2.20 bits per heavy atom. The van der Waals surface area contributed by atoms with Crippen LogP contribution in [-0.4, -0.2) is 54.0 Å². The Morgan fingerprint density at radius 2 is 1.75 bits per heavy atom. The average Bonchev–Trinajstić information content (AvgIpc) is 2.45. The molecule has 0 bridgehead atoms. The van der Waals surface area contributed by atoms with Crippen molar-refractivity contribution in [1.82, 2.24) is 4.72 Å². The molecule has 0 amide bonds. The lowest BCUT2D eigenvalue weighted by molar-refractivity contribution is -0.385. The highest BCUT2D eigenvalue weighted by Crippen LogP contribution is 2.19. The van der Waals surface area contributed by atoms with Crippen molar-refractivity contribution in [1.29, 1.82) is 0 Å². The van der Waals surface area contributed by atoms with Gasteiger partial charge >= 0.3 is 0 Å². The molecule has 0 saturated carbocycles. The summed E-state index contributed by atoms with van der Waals surface area (Å²) in [5.41, 5.74) is -2.26. The fraction of sp³-hybridized carbons (Fsp3) is 0.400. The third-order valence-corrected chi connectivity index (χ3v) is 4.17. The first-order valence-corrected chi connectivity index (χ1v) is 6.89. The zero-order valence-corrected chi connectivity index (χ0v) is 11.1. The van der Waals surface area contributed by atoms with E-state index in [2.05, 4.69) is 0 Å². The molecule has 9 nitrogen and oxygen atoms in total. The SMILES string of the molecule is O=[N+]([O-])c1cccc(S(=O)(=O)NC(CO)(CO)CO)c1. The molecule has 0 fully saturated rings. The van der Waals surface area contributed by atoms with Gasteiger partial charge < -0.3 is 15.3 Å². The molecule has 0 spiro atoms. The monoisotopic (exact) mass is 306 g/mol. The summed E-state index contributed by atoms with van der Waals surface area (Å²) < 4.78 is 26.0. The number of rotatable bonds is 7. The van der Waals surface area contributed by atoms with E-state index in [-0.39, 0.29) is 0 Å². The number of hydrogen-bond acceptors (Lipinski definition) is 7. The van der Waals surface area contributed by atoms with Gasteiger partial charge in [0.2, 0.25) is 10.0 Å². The van der Waals surface area contributed by atoms with E-state index in [1.54, 1.807) is 0 Å². The highest BCUT2D eigenvalue weighted by atomic mass is 32.2. The molecule has 0 aliphatic rings. The maximum absolute atomic E-state index is 12.0. The van der Waals surface area contributed by atoms with Crippen LogP contribution in [0.2, 0.25) is 0 Å². The quantitative estimate of drug-likeness (QED) is 0.357. The molecule has 0 saturated heterocycles. The molecular formula is C10H14N2O7S. The van der Waals surface area contributed by atoms with Gasteiger partial charge in [-0.05, 0) is 6.07 Å². The molecule has 10 heteroatoms. The van der Waals surface area contributed by atoms with Gasteiger partial charge in [-0.3, -0.25) is 10.1 Å². The Kier molecular flexibility index (Phi) is 5.14. The van der Waals surface area contributed by atoms with Gasteiger partial charge in [0.1, 0.15) is 5.54 Å². The summed E-state index contributed by atoms with van der Waals surface area (Å²) in [5, 5.41) is 37.8. The second kappa shape index (κ2) is 6.24. The van der Waals surface area contributed by atoms with Crippen LogP contribution in [0.5, 0.6) is 0 Å². The van der Waals surface area contributed by atoms with Crippen molar-refractivity contribution >= 4 is 15.7 Å². The molecule has 20 heavy (non-hydrogen) atoms. The van der Waals surface area contributed by atoms with Gasteiger partial charge in [0.05, 0.1) is 29.6 Å². The maximum Gasteiger partial charge on any atom is 0.270 e. The minimum atomic E-state index is -4.24. The van der Waals surface area contributed by atoms with Crippen LogP contribution in [0.25, 0.3) is 0 Å². The van der Waals surface area contributed by atoms with Crippen LogP contribution in [0.15, 0.2) is 29.2 Å². The Morgan fingerprint density at radius 1 is 1.20 bits per heavy atom. The molecule has 1 aromatic carbocycles. The van der Waals surface area contributed by atoms with Crippen LogP contribution < -0.4 is 4.72 Å². The lowest BCUT2D eigenvalue weighted by Gasteiger charge is -2.28. The highest BCUT2D eigenvalue weighted by molar-refractivity contribution is 7.89. The third-order valence-electron chi connectivity index (χ3n) is 2.60. The molecular weight excluding hydrogens is 292 g/mol. The fourth-order valence-corrected chi connectivity index (χ4v) is 2.77. The molecule has 0 radical (unpaired) electrons. The Balaban J connectivity index is 3.17. The van der Waals surface area contributed by atoms with Gasteiger partial charge in [0.15, 0.2) is 0 Å². The number of nitro groups is 1. The van der Waals surface area contributed by atoms with Crippen molar-refractivity contribution in [3.8, 4) is 0 Å². The molecule has 0 unspecified atom stereocenters. The van der Waals surface area contributed by atoms with E-state index in [1.165, 1.54) is 6.07 Å². The zero-order valence-electron chi connectivity index (χ0n) is 10.3. The Bertz CT molecular complexity index is 575. The summed E-state index contributed by atoms with van der Waals surface area (Å²) in [6, 6.07) is 4.26. The topological polar surface area (TPSA) is 150 Å². The average molecular weight is 306 g/mol. The van der Waals surface area contributed by atoms with E-state index in [0.717, 1.165) is 18.2 Å². The second-order valence-electron chi connectivity index (χ2n) is 4.11. The van der Waals surface area contributed by atoms with Gasteiger partial charge in [0.25, 0.3) is 5.69 Å². The number of nitro benzene ring substituents is 1. The predicted molar refractivity (Wildman–Crippen MR) is 67.4 cm³/mol. The van der Waals surface area contributed by atoms with Crippen molar-refractivity contribution < 1.29 is 28.7 Å². The molecule has 1 aromatic rings. The second-order valence-corrected chi connectivity index (χ2v) is 5.80. The van der Waals surface area contributed by atoms with Gasteiger partial charge in [-0.1, -0.05) is 6.07 Å². The fourth-order valence-electron chi connectivity index (χ4n) is 1.36. The van der Waals surface area contributed by atoms with E-state index >= 15 is 0 Å². The summed E-state index contributed by atoms with van der Waals surface area (Å²) >= 11 is 0. The number of nitrogens with one attached hydrogen (secondary N) is 1. The number of aliphatic hydroxyl groups is 3. The number of sulfonamides is 1. The van der Waals surface area contributed by atoms with Crippen LogP contribution >= 0.6 is 0 Å². The van der Waals surface area contributed by atoms with Crippen molar-refractivity contribution in [3.63, 3.8) is 0 Å². The van der Waals surface area contributed by atoms with Crippen LogP contribution in [0, 0.1) is 10.1 Å². The van der Waals surface area contributed by atoms with E-state index < -0.39 is 50.9 Å². The number of hydrogen-bond donors (Lipinski definition) is 4. The molecule has 4 N–H and O–H groups in total. The van der Waals surface area contributed by atoms with Crippen LogP contribution in [0.3, 0.4) is 0 Å². The van der Waals surface area contributed by atoms with Gasteiger partial charge in [-0.2, -0.15) is 4.72 Å². The third kappa shape index (κ3) is 3.49. The summed E-state index contributed by atoms with van der Waals surface area (Å²) in [6.07, 6.45) is 0. The highest BCUT2D eigenvalue weighted by Gasteiger charge is 2.34. The van der Waals surface area contributed by atoms with Gasteiger partial charge in [-0.25, -0.2) is 8.42 Å². The Hall–Kier alpha value is -1.59. The molecule has 0 aliphatic carbocycles. The van der Waals surface area contributed by atoms with E-state index in [4.69, 9.17) is 15.3 Å². The van der Waals surface area contributed by atoms with Crippen LogP contribution in [0.4, 0.5) is 5.69 Å². The standard InChI is InChI=1S/C10H14N2O7S/c13-5-10(6-14,7-15)11-20(18,19)9-3-1-2-8(4-9)12(16)17/h1-4,11,13-15H,5-7H2. The van der Waals surface area contributed by atoms with Crippen LogP contribution in [-0.2, 0) is 10.0 Å². The molecule has 0 aromatic heterocycles. The summed E-state index contributed by atoms with van der Waals surface area (Å²) in [4.78, 5) is 9.44. The zero-order chi connectivity index (χ0) is 15.4. The van der Waals surface area contributed by atoms with E-state index in [0.29, 0.717) is 0 Å². The summed E-state index contributed by atoms with van der Waals surface area (Å²) in [7, 11) is -4.24. The molecule has 0 atom stereocenters. The van der Waals surface area contributed by atoms with Crippen LogP contribution in [0.1, 0.15) is 0 Å². The smallest absolute Gasteiger partial charge is 0.270 e. The van der Waals surface area contributed by atoms with E-state index in [1.807, 2.05) is 4.72 Å². The first-order valence-electron chi connectivity index (χ1n) is 5.41. The van der Waals surface area contributed by atoms with Crippen molar-refractivity contribution in [3.05, 3.63) is 34.4 Å². The Labute approximate surface area is 114 Å². The number of aliphatic hydroxyl groups excluding tert-OH is 3. The number of benzene rings is 1. The first kappa shape index (κ1) is 16.5. The minimum Gasteiger partial charge on any atom is -0.394 e. The lowest BCUT2D eigenvalue weighted by atomic mass is 10.1. The summed E-state index contributed by atoms with van der Waals surface area (Å²) in [5.74, 6) is 0. The maximum atomic E-state index is 12.0. The lowest BCUT2D eigenvalue weighted by Crippen LogP contribution is -2.56. The minimum absolute atomic E-state index is 0.411. The van der Waals surface area contributed by atoms with Gasteiger partial charge in [0, 0.05) is 12.1 Å². The summed E-state index contributed by atoms with van der Waals surface area (Å²) in [6.45, 7) is -2.52. The predicted octanol–water partition coefficient (Wildman–Crippen LogP) is -1.41.